The van der Waals surface area contributed by atoms with Gasteiger partial charge >= 0.3 is 0 Å². The van der Waals surface area contributed by atoms with Crippen molar-refractivity contribution in [3.63, 3.8) is 0 Å². The lowest BCUT2D eigenvalue weighted by atomic mass is 10.1. The number of hydrogen-bond donors (Lipinski definition) is 1. The number of halogens is 3. The van der Waals surface area contributed by atoms with Crippen molar-refractivity contribution >= 4 is 34.9 Å². The van der Waals surface area contributed by atoms with E-state index in [-0.39, 0.29) is 24.6 Å². The van der Waals surface area contributed by atoms with Crippen LogP contribution < -0.4 is 15.6 Å². The molecule has 0 unspecified atom stereocenters. The van der Waals surface area contributed by atoms with E-state index in [2.05, 4.69) is 29.1 Å². The van der Waals surface area contributed by atoms with Crippen LogP contribution in [0.25, 0.3) is 16.6 Å². The predicted molar refractivity (Wildman–Crippen MR) is 132 cm³/mol. The quantitative estimate of drug-likeness (QED) is 0.432. The molecule has 0 fully saturated rings. The Morgan fingerprint density at radius 2 is 2.00 bits per heavy atom. The van der Waals surface area contributed by atoms with Gasteiger partial charge < -0.3 is 14.6 Å². The molecule has 2 aromatic carbocycles. The van der Waals surface area contributed by atoms with Gasteiger partial charge in [0.25, 0.3) is 5.56 Å². The summed E-state index contributed by atoms with van der Waals surface area (Å²) < 4.78 is 23.4. The fraction of sp³-hybridized carbons (Fsp3) is 0.240. The lowest BCUT2D eigenvalue weighted by molar-refractivity contribution is 0.299. The zero-order valence-corrected chi connectivity index (χ0v) is 19.7. The minimum absolute atomic E-state index is 0. The van der Waals surface area contributed by atoms with Gasteiger partial charge in [-0.15, -0.1) is 12.4 Å². The predicted octanol–water partition coefficient (Wildman–Crippen LogP) is 5.16. The molecule has 3 heterocycles. The van der Waals surface area contributed by atoms with E-state index in [0.717, 1.165) is 37.1 Å². The molecule has 8 heteroatoms. The summed E-state index contributed by atoms with van der Waals surface area (Å²) in [7, 11) is 2.09. The summed E-state index contributed by atoms with van der Waals surface area (Å²) in [4.78, 5) is 12.8. The Bertz CT molecular complexity index is 1380. The van der Waals surface area contributed by atoms with Crippen molar-refractivity contribution in [2.45, 2.75) is 26.0 Å². The number of pyridine rings is 1. The molecule has 0 bridgehead atoms. The van der Waals surface area contributed by atoms with E-state index in [9.17, 15) is 9.18 Å². The second-order valence-electron chi connectivity index (χ2n) is 8.06. The number of ether oxygens (including phenoxy) is 1. The highest BCUT2D eigenvalue weighted by molar-refractivity contribution is 6.30. The molecule has 0 amide bonds. The van der Waals surface area contributed by atoms with Crippen LogP contribution in [0.15, 0.2) is 59.5 Å². The lowest BCUT2D eigenvalue weighted by Crippen LogP contribution is -2.17. The average molecular weight is 488 g/mol. The Kier molecular flexibility index (Phi) is 6.79. The van der Waals surface area contributed by atoms with Gasteiger partial charge in [0.05, 0.1) is 11.2 Å². The molecule has 0 spiro atoms. The first-order valence-corrected chi connectivity index (χ1v) is 11.0. The molecule has 0 atom stereocenters. The molecular formula is C25H24Cl2FN3O2. The van der Waals surface area contributed by atoms with Gasteiger partial charge in [0, 0.05) is 47.5 Å². The number of hydrogen-bond acceptors (Lipinski definition) is 3. The summed E-state index contributed by atoms with van der Waals surface area (Å²) in [5.41, 5.74) is 4.77. The van der Waals surface area contributed by atoms with Gasteiger partial charge in [-0.25, -0.2) is 4.39 Å². The standard InChI is InChI=1S/C25H23ClFN3O2.ClH/c1-29-23-3-2-9-28-14-21(23)20-7-6-18(12-24(20)29)30-10-8-19(13-25(30)31)32-15-16-4-5-17(26)11-22(16)27;/h4-8,10-13,28H,2-3,9,14-15H2,1H3;1H. The number of fused-ring (bicyclic) bond motifs is 3. The van der Waals surface area contributed by atoms with Crippen molar-refractivity contribution in [3.8, 4) is 11.4 Å². The van der Waals surface area contributed by atoms with Crippen LogP contribution in [0.1, 0.15) is 23.2 Å². The topological polar surface area (TPSA) is 48.2 Å². The van der Waals surface area contributed by atoms with Crippen molar-refractivity contribution in [1.29, 1.82) is 0 Å². The normalized spacial score (nSPS) is 13.3. The Labute approximate surface area is 202 Å². The van der Waals surface area contributed by atoms with Gasteiger partial charge in [0.2, 0.25) is 0 Å². The number of benzene rings is 2. The second kappa shape index (κ2) is 9.59. The van der Waals surface area contributed by atoms with Crippen molar-refractivity contribution in [3.05, 3.63) is 92.7 Å². The van der Waals surface area contributed by atoms with Gasteiger partial charge in [-0.3, -0.25) is 9.36 Å². The number of aryl methyl sites for hydroxylation is 1. The van der Waals surface area contributed by atoms with E-state index >= 15 is 0 Å². The molecule has 0 saturated heterocycles. The Morgan fingerprint density at radius 1 is 1.15 bits per heavy atom. The zero-order valence-electron chi connectivity index (χ0n) is 18.1. The third kappa shape index (κ3) is 4.51. The molecular weight excluding hydrogens is 464 g/mol. The van der Waals surface area contributed by atoms with Crippen molar-refractivity contribution in [2.75, 3.05) is 6.54 Å². The fourth-order valence-corrected chi connectivity index (χ4v) is 4.54. The first-order chi connectivity index (χ1) is 15.5. The molecule has 4 aromatic rings. The number of nitrogens with zero attached hydrogens (tertiary/aromatic N) is 2. The number of aromatic nitrogens is 2. The lowest BCUT2D eigenvalue weighted by Gasteiger charge is -2.10. The minimum atomic E-state index is -0.435. The van der Waals surface area contributed by atoms with Crippen molar-refractivity contribution in [2.24, 2.45) is 7.05 Å². The molecule has 33 heavy (non-hydrogen) atoms. The minimum Gasteiger partial charge on any atom is -0.489 e. The number of rotatable bonds is 4. The van der Waals surface area contributed by atoms with Crippen molar-refractivity contribution < 1.29 is 9.13 Å². The molecule has 5 rings (SSSR count). The Hall–Kier alpha value is -2.80. The third-order valence-corrected chi connectivity index (χ3v) is 6.30. The largest absolute Gasteiger partial charge is 0.489 e. The Morgan fingerprint density at radius 3 is 2.79 bits per heavy atom. The summed E-state index contributed by atoms with van der Waals surface area (Å²) in [6, 6.07) is 13.7. The molecule has 1 N–H and O–H groups in total. The van der Waals surface area contributed by atoms with E-state index in [1.807, 2.05) is 6.07 Å². The Balaban J connectivity index is 0.00000259. The maximum absolute atomic E-state index is 13.9. The number of nitrogens with one attached hydrogen (secondary N) is 1. The summed E-state index contributed by atoms with van der Waals surface area (Å²) in [5.74, 6) is -0.0476. The van der Waals surface area contributed by atoms with E-state index < -0.39 is 5.82 Å². The van der Waals surface area contributed by atoms with Crippen LogP contribution >= 0.6 is 24.0 Å². The van der Waals surface area contributed by atoms with E-state index in [1.54, 1.807) is 29.0 Å². The van der Waals surface area contributed by atoms with Crippen LogP contribution in [0, 0.1) is 5.82 Å². The monoisotopic (exact) mass is 487 g/mol. The van der Waals surface area contributed by atoms with Gasteiger partial charge in [0.15, 0.2) is 0 Å². The highest BCUT2D eigenvalue weighted by atomic mass is 35.5. The van der Waals surface area contributed by atoms with Gasteiger partial charge in [-0.2, -0.15) is 0 Å². The summed E-state index contributed by atoms with van der Waals surface area (Å²) in [5, 5.41) is 5.04. The second-order valence-corrected chi connectivity index (χ2v) is 8.50. The first-order valence-electron chi connectivity index (χ1n) is 10.6. The average Bonchev–Trinajstić information content (AvgIpc) is 2.93. The highest BCUT2D eigenvalue weighted by Crippen LogP contribution is 2.29. The zero-order chi connectivity index (χ0) is 22.2. The van der Waals surface area contributed by atoms with Crippen LogP contribution in [0.3, 0.4) is 0 Å². The SMILES string of the molecule is Cl.Cn1c2c(c3ccc(-n4ccc(OCc5ccc(Cl)cc5F)cc4=O)cc31)CNCCC2. The van der Waals surface area contributed by atoms with E-state index in [0.29, 0.717) is 16.3 Å². The van der Waals surface area contributed by atoms with Crippen LogP contribution in [-0.2, 0) is 26.6 Å². The van der Waals surface area contributed by atoms with Gasteiger partial charge in [-0.05, 0) is 55.3 Å². The van der Waals surface area contributed by atoms with Gasteiger partial charge in [-0.1, -0.05) is 23.7 Å². The first kappa shape index (κ1) is 23.4. The maximum atomic E-state index is 13.9. The molecule has 1 aliphatic rings. The van der Waals surface area contributed by atoms with Gasteiger partial charge in [0.1, 0.15) is 18.2 Å². The third-order valence-electron chi connectivity index (χ3n) is 6.07. The summed E-state index contributed by atoms with van der Waals surface area (Å²) in [6.45, 7) is 1.91. The molecule has 0 radical (unpaired) electrons. The molecule has 2 aromatic heterocycles. The van der Waals surface area contributed by atoms with Crippen LogP contribution in [0.5, 0.6) is 5.75 Å². The molecule has 172 valence electrons. The fourth-order valence-electron chi connectivity index (χ4n) is 4.38. The molecule has 0 aliphatic carbocycles. The highest BCUT2D eigenvalue weighted by Gasteiger charge is 2.17. The van der Waals surface area contributed by atoms with Crippen molar-refractivity contribution in [1.82, 2.24) is 14.5 Å². The van der Waals surface area contributed by atoms with E-state index in [1.165, 1.54) is 28.8 Å². The molecule has 0 saturated carbocycles. The summed E-state index contributed by atoms with van der Waals surface area (Å²) in [6.07, 6.45) is 3.85. The van der Waals surface area contributed by atoms with Crippen LogP contribution in [0.2, 0.25) is 5.02 Å². The smallest absolute Gasteiger partial charge is 0.258 e. The summed E-state index contributed by atoms with van der Waals surface area (Å²) >= 11 is 5.78. The van der Waals surface area contributed by atoms with E-state index in [4.69, 9.17) is 16.3 Å². The van der Waals surface area contributed by atoms with Crippen LogP contribution in [0.4, 0.5) is 4.39 Å². The van der Waals surface area contributed by atoms with Crippen LogP contribution in [-0.4, -0.2) is 15.7 Å². The maximum Gasteiger partial charge on any atom is 0.258 e. The molecule has 1 aliphatic heterocycles. The molecule has 5 nitrogen and oxygen atoms in total.